The van der Waals surface area contributed by atoms with Crippen molar-refractivity contribution in [2.24, 2.45) is 0 Å². The maximum atomic E-state index is 6.22. The SMILES string of the molecule is Brc1ccccc1SCCCN1CCN(c2cccc3[nH]ccc23)CC1.Clc1ccccc1OCCCN1CCN(c2cccc3[nH]ccc23)CC1.Clc1ccccc1SCCCN1CCN(c2cccc3[nH]ccc23)CC1. The first kappa shape index (κ1) is 56.1. The van der Waals surface area contributed by atoms with Gasteiger partial charge in [0.15, 0.2) is 0 Å². The first-order valence-electron chi connectivity index (χ1n) is 27.7. The molecule has 3 N–H and O–H groups in total. The second-order valence-electron chi connectivity index (χ2n) is 20.0. The van der Waals surface area contributed by atoms with Crippen LogP contribution in [0.5, 0.6) is 5.75 Å². The Labute approximate surface area is 487 Å². The second-order valence-corrected chi connectivity index (χ2v) is 24.0. The van der Waals surface area contributed by atoms with Gasteiger partial charge in [-0.15, -0.1) is 23.5 Å². The number of nitrogens with zero attached hydrogens (tertiary/aromatic N) is 6. The van der Waals surface area contributed by atoms with Gasteiger partial charge < -0.3 is 34.4 Å². The first-order valence-corrected chi connectivity index (χ1v) is 31.2. The largest absolute Gasteiger partial charge is 0.492 e. The Morgan fingerprint density at radius 3 is 1.26 bits per heavy atom. The fourth-order valence-corrected chi connectivity index (χ4v) is 13.6. The maximum Gasteiger partial charge on any atom is 0.137 e. The van der Waals surface area contributed by atoms with Crippen LogP contribution in [0.25, 0.3) is 32.7 Å². The fourth-order valence-electron chi connectivity index (χ4n) is 10.8. The van der Waals surface area contributed by atoms with E-state index in [1.807, 2.05) is 78.5 Å². The number of H-pyrrole nitrogens is 3. The Bertz CT molecular complexity index is 2910. The van der Waals surface area contributed by atoms with E-state index in [1.165, 1.54) is 95.7 Å². The molecule has 0 radical (unpaired) electrons. The lowest BCUT2D eigenvalue weighted by molar-refractivity contribution is 0.225. The summed E-state index contributed by atoms with van der Waals surface area (Å²) in [6, 6.07) is 50.4. The number of hydrogen-bond acceptors (Lipinski definition) is 9. The topological polar surface area (TPSA) is 76.0 Å². The van der Waals surface area contributed by atoms with Crippen molar-refractivity contribution in [3.8, 4) is 5.75 Å². The number of piperazine rings is 3. The molecule has 12 rings (SSSR count). The molecule has 0 amide bonds. The average Bonchev–Trinajstić information content (AvgIpc) is 4.31. The van der Waals surface area contributed by atoms with E-state index in [2.05, 4.69) is 169 Å². The Morgan fingerprint density at radius 1 is 0.410 bits per heavy atom. The molecular weight excluding hydrogens is 1110 g/mol. The number of rotatable bonds is 18. The molecule has 6 heterocycles. The van der Waals surface area contributed by atoms with Gasteiger partial charge in [-0.3, -0.25) is 14.7 Å². The number of aromatic nitrogens is 3. The smallest absolute Gasteiger partial charge is 0.137 e. The van der Waals surface area contributed by atoms with Gasteiger partial charge in [0, 0.05) is 168 Å². The average molecular weight is 1190 g/mol. The molecule has 3 aromatic heterocycles. The number of thioether (sulfide) groups is 2. The van der Waals surface area contributed by atoms with E-state index in [4.69, 9.17) is 27.9 Å². The van der Waals surface area contributed by atoms with E-state index in [0.29, 0.717) is 11.6 Å². The molecule has 0 bridgehead atoms. The van der Waals surface area contributed by atoms with Gasteiger partial charge in [-0.2, -0.15) is 0 Å². The standard InChI is InChI=1S/C21H24BrN3S.C21H24ClN3O.C21H24ClN3S/c3*22-18-5-1-2-8-21(18)26-16-4-11-24-12-14-25(15-13-24)20-7-3-6-19-17(20)9-10-23-19/h3*1-3,5-10,23H,4,11-16H2. The molecule has 3 saturated heterocycles. The van der Waals surface area contributed by atoms with Crippen molar-refractivity contribution in [1.29, 1.82) is 0 Å². The number of fused-ring (bicyclic) bond motifs is 3. The molecule has 0 aliphatic carbocycles. The summed E-state index contributed by atoms with van der Waals surface area (Å²) < 4.78 is 6.99. The van der Waals surface area contributed by atoms with Crippen LogP contribution in [0, 0.1) is 0 Å². The fraction of sp³-hybridized carbons (Fsp3) is 0.333. The predicted octanol–water partition coefficient (Wildman–Crippen LogP) is 14.8. The summed E-state index contributed by atoms with van der Waals surface area (Å²) in [7, 11) is 0. The van der Waals surface area contributed by atoms with E-state index >= 15 is 0 Å². The minimum atomic E-state index is 0.681. The highest BCUT2D eigenvalue weighted by molar-refractivity contribution is 9.10. The van der Waals surface area contributed by atoms with Gasteiger partial charge in [0.1, 0.15) is 5.75 Å². The Balaban J connectivity index is 0.000000132. The molecule has 408 valence electrons. The highest BCUT2D eigenvalue weighted by atomic mass is 79.9. The summed E-state index contributed by atoms with van der Waals surface area (Å²) in [5.74, 6) is 3.07. The van der Waals surface area contributed by atoms with E-state index < -0.39 is 0 Å². The number of anilines is 3. The van der Waals surface area contributed by atoms with Crippen molar-refractivity contribution >= 4 is 112 Å². The van der Waals surface area contributed by atoms with Crippen molar-refractivity contribution in [1.82, 2.24) is 29.7 Å². The molecule has 78 heavy (non-hydrogen) atoms. The number of halogens is 3. The lowest BCUT2D eigenvalue weighted by Crippen LogP contribution is -2.46. The molecule has 10 nitrogen and oxygen atoms in total. The van der Waals surface area contributed by atoms with Crippen LogP contribution in [-0.2, 0) is 0 Å². The van der Waals surface area contributed by atoms with Gasteiger partial charge >= 0.3 is 0 Å². The quantitative estimate of drug-likeness (QED) is 0.0575. The molecule has 0 atom stereocenters. The van der Waals surface area contributed by atoms with Crippen molar-refractivity contribution in [2.45, 2.75) is 29.1 Å². The molecule has 3 aliphatic rings. The third kappa shape index (κ3) is 15.2. The highest BCUT2D eigenvalue weighted by Crippen LogP contribution is 2.32. The van der Waals surface area contributed by atoms with E-state index in [1.54, 1.807) is 0 Å². The van der Waals surface area contributed by atoms with E-state index in [-0.39, 0.29) is 0 Å². The molecule has 9 aromatic rings. The number of hydrogen-bond donors (Lipinski definition) is 3. The summed E-state index contributed by atoms with van der Waals surface area (Å²) in [5.41, 5.74) is 7.73. The minimum Gasteiger partial charge on any atom is -0.492 e. The monoisotopic (exact) mass is 1180 g/mol. The van der Waals surface area contributed by atoms with Crippen LogP contribution >= 0.6 is 62.7 Å². The maximum absolute atomic E-state index is 6.22. The van der Waals surface area contributed by atoms with Crippen molar-refractivity contribution in [3.63, 3.8) is 0 Å². The summed E-state index contributed by atoms with van der Waals surface area (Å²) in [6.45, 7) is 17.4. The summed E-state index contributed by atoms with van der Waals surface area (Å²) in [6.07, 6.45) is 9.53. The van der Waals surface area contributed by atoms with Crippen LogP contribution in [-0.4, -0.2) is 146 Å². The van der Waals surface area contributed by atoms with Gasteiger partial charge in [0.25, 0.3) is 0 Å². The zero-order valence-corrected chi connectivity index (χ0v) is 49.2. The van der Waals surface area contributed by atoms with Crippen molar-refractivity contribution in [3.05, 3.63) is 179 Å². The molecule has 0 spiro atoms. The van der Waals surface area contributed by atoms with Gasteiger partial charge in [0.05, 0.1) is 16.7 Å². The molecule has 6 aromatic carbocycles. The molecule has 15 heteroatoms. The number of benzene rings is 6. The summed E-state index contributed by atoms with van der Waals surface area (Å²) in [5, 5.41) is 5.53. The molecule has 0 saturated carbocycles. The van der Waals surface area contributed by atoms with Crippen LogP contribution in [0.15, 0.2) is 178 Å². The lowest BCUT2D eigenvalue weighted by atomic mass is 10.1. The molecule has 0 unspecified atom stereocenters. The van der Waals surface area contributed by atoms with Crippen LogP contribution in [0.3, 0.4) is 0 Å². The number of nitrogens with one attached hydrogen (secondary N) is 3. The highest BCUT2D eigenvalue weighted by Gasteiger charge is 2.22. The Kier molecular flexibility index (Phi) is 20.7. The number of para-hydroxylation sites is 1. The molecular formula is C63H72BrCl2N9OS2. The summed E-state index contributed by atoms with van der Waals surface area (Å²) >= 11 is 19.8. The van der Waals surface area contributed by atoms with Gasteiger partial charge in [-0.1, -0.05) is 77.8 Å². The summed E-state index contributed by atoms with van der Waals surface area (Å²) in [4.78, 5) is 27.7. The van der Waals surface area contributed by atoms with Gasteiger partial charge in [-0.05, 0) is 151 Å². The van der Waals surface area contributed by atoms with Crippen molar-refractivity contribution < 1.29 is 4.74 Å². The normalized spacial score (nSPS) is 15.6. The van der Waals surface area contributed by atoms with Crippen LogP contribution in [0.2, 0.25) is 10.0 Å². The lowest BCUT2D eigenvalue weighted by Gasteiger charge is -2.36. The Morgan fingerprint density at radius 2 is 0.808 bits per heavy atom. The van der Waals surface area contributed by atoms with Crippen LogP contribution in [0.1, 0.15) is 19.3 Å². The van der Waals surface area contributed by atoms with Crippen LogP contribution in [0.4, 0.5) is 17.1 Å². The van der Waals surface area contributed by atoms with E-state index in [0.717, 1.165) is 108 Å². The van der Waals surface area contributed by atoms with Gasteiger partial charge in [0.2, 0.25) is 0 Å². The van der Waals surface area contributed by atoms with Gasteiger partial charge in [-0.25, -0.2) is 0 Å². The zero-order valence-electron chi connectivity index (χ0n) is 44.5. The molecule has 3 fully saturated rings. The molecule has 3 aliphatic heterocycles. The van der Waals surface area contributed by atoms with E-state index in [9.17, 15) is 0 Å². The second kappa shape index (κ2) is 28.8. The first-order chi connectivity index (χ1) is 38.4. The zero-order chi connectivity index (χ0) is 53.3. The number of aromatic amines is 3. The van der Waals surface area contributed by atoms with Crippen molar-refractivity contribution in [2.75, 3.05) is 131 Å². The van der Waals surface area contributed by atoms with Crippen LogP contribution < -0.4 is 19.4 Å². The third-order valence-corrected chi connectivity index (χ3v) is 19.0. The minimum absolute atomic E-state index is 0.681. The Hall–Kier alpha value is -5.22. The third-order valence-electron chi connectivity index (χ3n) is 15.0. The predicted molar refractivity (Wildman–Crippen MR) is 339 cm³/mol. The number of ether oxygens (including phenoxy) is 1.